The maximum absolute atomic E-state index is 12.1. The molecule has 0 saturated carbocycles. The highest BCUT2D eigenvalue weighted by molar-refractivity contribution is 5.91. The van der Waals surface area contributed by atoms with Crippen LogP contribution in [0.15, 0.2) is 42.5 Å². The normalized spacial score (nSPS) is 11.1. The van der Waals surface area contributed by atoms with E-state index in [9.17, 15) is 9.90 Å². The van der Waals surface area contributed by atoms with Crippen LogP contribution in [0.1, 0.15) is 36.7 Å². The molecule has 0 unspecified atom stereocenters. The van der Waals surface area contributed by atoms with Gasteiger partial charge >= 0.3 is 5.97 Å². The maximum Gasteiger partial charge on any atom is 0.343 e. The molecule has 0 aliphatic carbocycles. The number of hydrogen-bond donors (Lipinski definition) is 1. The Morgan fingerprint density at radius 2 is 1.68 bits per heavy atom. The smallest absolute Gasteiger partial charge is 0.343 e. The van der Waals surface area contributed by atoms with Crippen molar-refractivity contribution in [1.82, 2.24) is 0 Å². The van der Waals surface area contributed by atoms with Crippen LogP contribution in [0.3, 0.4) is 0 Å². The average molecular weight is 300 g/mol. The zero-order valence-corrected chi connectivity index (χ0v) is 13.2. The lowest BCUT2D eigenvalue weighted by molar-refractivity contribution is 0.0734. The van der Waals surface area contributed by atoms with Crippen molar-refractivity contribution in [3.8, 4) is 17.2 Å². The molecule has 1 N–H and O–H groups in total. The van der Waals surface area contributed by atoms with Gasteiger partial charge in [-0.15, -0.1) is 0 Å². The molecule has 0 radical (unpaired) electrons. The molecule has 0 spiro atoms. The van der Waals surface area contributed by atoms with Crippen molar-refractivity contribution >= 4 is 5.97 Å². The molecular weight excluding hydrogens is 280 g/mol. The monoisotopic (exact) mass is 300 g/mol. The number of phenols is 1. The van der Waals surface area contributed by atoms with Gasteiger partial charge in [-0.2, -0.15) is 0 Å². The highest BCUT2D eigenvalue weighted by Gasteiger charge is 2.20. The summed E-state index contributed by atoms with van der Waals surface area (Å²) in [4.78, 5) is 12.1. The molecule has 0 saturated heterocycles. The highest BCUT2D eigenvalue weighted by Crippen LogP contribution is 2.34. The Balaban J connectivity index is 2.26. The van der Waals surface area contributed by atoms with Crippen molar-refractivity contribution in [2.45, 2.75) is 26.2 Å². The van der Waals surface area contributed by atoms with E-state index in [0.29, 0.717) is 11.3 Å². The molecule has 4 heteroatoms. The summed E-state index contributed by atoms with van der Waals surface area (Å²) in [6.45, 7) is 6.20. The molecule has 0 aliphatic rings. The van der Waals surface area contributed by atoms with Crippen LogP contribution in [-0.4, -0.2) is 18.2 Å². The molecule has 0 aromatic heterocycles. The van der Waals surface area contributed by atoms with Crippen molar-refractivity contribution in [3.63, 3.8) is 0 Å². The van der Waals surface area contributed by atoms with Gasteiger partial charge < -0.3 is 14.6 Å². The van der Waals surface area contributed by atoms with Crippen LogP contribution < -0.4 is 9.47 Å². The summed E-state index contributed by atoms with van der Waals surface area (Å²) < 4.78 is 10.8. The fraction of sp³-hybridized carbons (Fsp3) is 0.278. The average Bonchev–Trinajstić information content (AvgIpc) is 2.47. The molecule has 2 aromatic carbocycles. The lowest BCUT2D eigenvalue weighted by atomic mass is 9.86. The summed E-state index contributed by atoms with van der Waals surface area (Å²) in [7, 11) is 1.62. The van der Waals surface area contributed by atoms with E-state index < -0.39 is 5.97 Å². The Kier molecular flexibility index (Phi) is 4.40. The summed E-state index contributed by atoms with van der Waals surface area (Å²) in [5.74, 6) is 0.863. The first-order valence-corrected chi connectivity index (χ1v) is 7.01. The van der Waals surface area contributed by atoms with Gasteiger partial charge in [-0.3, -0.25) is 0 Å². The molecular formula is C18H20O4. The molecule has 0 aliphatic heterocycles. The van der Waals surface area contributed by atoms with Crippen LogP contribution in [-0.2, 0) is 5.41 Å². The summed E-state index contributed by atoms with van der Waals surface area (Å²) in [5.41, 5.74) is 1.21. The Morgan fingerprint density at radius 1 is 1.05 bits per heavy atom. The minimum atomic E-state index is -0.468. The van der Waals surface area contributed by atoms with Gasteiger partial charge in [0, 0.05) is 5.56 Å². The van der Waals surface area contributed by atoms with Crippen LogP contribution in [0.5, 0.6) is 17.2 Å². The number of carbonyl (C=O) groups is 1. The van der Waals surface area contributed by atoms with Crippen LogP contribution in [0.4, 0.5) is 0 Å². The van der Waals surface area contributed by atoms with E-state index >= 15 is 0 Å². The number of carbonyl (C=O) groups excluding carboxylic acids is 1. The largest absolute Gasteiger partial charge is 0.508 e. The Hall–Kier alpha value is -2.49. The molecule has 0 amide bonds. The first-order chi connectivity index (χ1) is 10.3. The third-order valence-corrected chi connectivity index (χ3v) is 3.29. The Bertz CT molecular complexity index is 666. The molecule has 0 heterocycles. The Morgan fingerprint density at radius 3 is 2.23 bits per heavy atom. The predicted molar refractivity (Wildman–Crippen MR) is 84.8 cm³/mol. The van der Waals surface area contributed by atoms with E-state index in [-0.39, 0.29) is 11.2 Å². The standard InChI is InChI=1S/C18H20O4/c1-18(2,3)15-11-14(9-10-16(15)21-4)22-17(20)12-5-7-13(19)8-6-12/h5-11,19H,1-4H3. The maximum atomic E-state index is 12.1. The second-order valence-corrected chi connectivity index (χ2v) is 6.05. The highest BCUT2D eigenvalue weighted by atomic mass is 16.5. The quantitative estimate of drug-likeness (QED) is 0.689. The van der Waals surface area contributed by atoms with Crippen molar-refractivity contribution in [1.29, 1.82) is 0 Å². The van der Waals surface area contributed by atoms with E-state index in [2.05, 4.69) is 20.8 Å². The van der Waals surface area contributed by atoms with Gasteiger partial charge in [0.05, 0.1) is 12.7 Å². The van der Waals surface area contributed by atoms with E-state index in [1.165, 1.54) is 24.3 Å². The lowest BCUT2D eigenvalue weighted by Crippen LogP contribution is -2.14. The molecule has 2 rings (SSSR count). The molecule has 0 atom stereocenters. The summed E-state index contributed by atoms with van der Waals surface area (Å²) >= 11 is 0. The van der Waals surface area contributed by atoms with E-state index in [4.69, 9.17) is 9.47 Å². The molecule has 22 heavy (non-hydrogen) atoms. The second-order valence-electron chi connectivity index (χ2n) is 6.05. The molecule has 4 nitrogen and oxygen atoms in total. The minimum absolute atomic E-state index is 0.107. The van der Waals surface area contributed by atoms with E-state index in [1.807, 2.05) is 6.07 Å². The van der Waals surface area contributed by atoms with Crippen molar-refractivity contribution < 1.29 is 19.4 Å². The van der Waals surface area contributed by atoms with Gasteiger partial charge in [0.15, 0.2) is 0 Å². The number of hydrogen-bond acceptors (Lipinski definition) is 4. The predicted octanol–water partition coefficient (Wildman–Crippen LogP) is 3.92. The Labute approximate surface area is 130 Å². The summed E-state index contributed by atoms with van der Waals surface area (Å²) in [6, 6.07) is 11.2. The number of rotatable bonds is 3. The van der Waals surface area contributed by atoms with Crippen LogP contribution in [0, 0.1) is 0 Å². The van der Waals surface area contributed by atoms with Gasteiger partial charge in [-0.25, -0.2) is 4.79 Å². The molecule has 2 aromatic rings. The van der Waals surface area contributed by atoms with Crippen LogP contribution in [0.25, 0.3) is 0 Å². The first kappa shape index (κ1) is 15.9. The third-order valence-electron chi connectivity index (χ3n) is 3.29. The number of ether oxygens (including phenoxy) is 2. The topological polar surface area (TPSA) is 55.8 Å². The number of phenolic OH excluding ortho intramolecular Hbond substituents is 1. The first-order valence-electron chi connectivity index (χ1n) is 7.01. The fourth-order valence-electron chi connectivity index (χ4n) is 2.10. The van der Waals surface area contributed by atoms with Gasteiger partial charge in [0.2, 0.25) is 0 Å². The zero-order valence-electron chi connectivity index (χ0n) is 13.2. The number of esters is 1. The minimum Gasteiger partial charge on any atom is -0.508 e. The van der Waals surface area contributed by atoms with Gasteiger partial charge in [-0.05, 0) is 47.9 Å². The van der Waals surface area contributed by atoms with Crippen molar-refractivity contribution in [2.24, 2.45) is 0 Å². The third kappa shape index (κ3) is 3.58. The molecule has 0 fully saturated rings. The van der Waals surface area contributed by atoms with Gasteiger partial charge in [0.1, 0.15) is 17.2 Å². The van der Waals surface area contributed by atoms with E-state index in [1.54, 1.807) is 19.2 Å². The van der Waals surface area contributed by atoms with Crippen molar-refractivity contribution in [3.05, 3.63) is 53.6 Å². The zero-order chi connectivity index (χ0) is 16.3. The number of benzene rings is 2. The van der Waals surface area contributed by atoms with Crippen LogP contribution >= 0.6 is 0 Å². The molecule has 116 valence electrons. The second kappa shape index (κ2) is 6.10. The van der Waals surface area contributed by atoms with Crippen molar-refractivity contribution in [2.75, 3.05) is 7.11 Å². The van der Waals surface area contributed by atoms with Gasteiger partial charge in [0.25, 0.3) is 0 Å². The molecule has 0 bridgehead atoms. The van der Waals surface area contributed by atoms with E-state index in [0.717, 1.165) is 11.3 Å². The number of methoxy groups -OCH3 is 1. The summed E-state index contributed by atoms with van der Waals surface area (Å²) in [6.07, 6.45) is 0. The van der Waals surface area contributed by atoms with Crippen LogP contribution in [0.2, 0.25) is 0 Å². The number of aromatic hydroxyl groups is 1. The SMILES string of the molecule is COc1ccc(OC(=O)c2ccc(O)cc2)cc1C(C)(C)C. The lowest BCUT2D eigenvalue weighted by Gasteiger charge is -2.22. The van der Waals surface area contributed by atoms with Gasteiger partial charge in [-0.1, -0.05) is 20.8 Å². The fourth-order valence-corrected chi connectivity index (χ4v) is 2.10. The summed E-state index contributed by atoms with van der Waals surface area (Å²) in [5, 5.41) is 9.25.